The van der Waals surface area contributed by atoms with Gasteiger partial charge >= 0.3 is 0 Å². The first-order chi connectivity index (χ1) is 7.29. The van der Waals surface area contributed by atoms with E-state index in [1.807, 2.05) is 36.9 Å². The van der Waals surface area contributed by atoms with Crippen molar-refractivity contribution in [2.24, 2.45) is 5.41 Å². The Bertz CT molecular complexity index is 390. The molecule has 16 heavy (non-hydrogen) atoms. The molecule has 0 radical (unpaired) electrons. The third kappa shape index (κ3) is 5.15. The minimum Gasteiger partial charge on any atom is -0.422 e. The first-order valence-electron chi connectivity index (χ1n) is 5.59. The summed E-state index contributed by atoms with van der Waals surface area (Å²) in [6.45, 7) is 8.32. The molecule has 2 heteroatoms. The Morgan fingerprint density at radius 1 is 1.19 bits per heavy atom. The lowest BCUT2D eigenvalue weighted by Crippen LogP contribution is -2.33. The van der Waals surface area contributed by atoms with Crippen LogP contribution in [0.15, 0.2) is 30.3 Å². The van der Waals surface area contributed by atoms with Gasteiger partial charge in [-0.3, -0.25) is 0 Å². The predicted molar refractivity (Wildman–Crippen MR) is 71.4 cm³/mol. The summed E-state index contributed by atoms with van der Waals surface area (Å²) in [5.74, 6) is 3.07. The Morgan fingerprint density at radius 3 is 2.25 bits per heavy atom. The van der Waals surface area contributed by atoms with E-state index in [9.17, 15) is 4.80 Å². The number of hydrogen-bond acceptors (Lipinski definition) is 1. The van der Waals surface area contributed by atoms with Crippen LogP contribution in [0, 0.1) is 16.9 Å². The van der Waals surface area contributed by atoms with Gasteiger partial charge in [0.25, 0.3) is 8.32 Å². The van der Waals surface area contributed by atoms with E-state index in [0.29, 0.717) is 0 Å². The molecule has 0 amide bonds. The van der Waals surface area contributed by atoms with Gasteiger partial charge in [-0.1, -0.05) is 50.4 Å². The maximum absolute atomic E-state index is 10.3. The molecule has 0 aliphatic rings. The third-order valence-corrected chi connectivity index (χ3v) is 4.54. The molecule has 0 fully saturated rings. The van der Waals surface area contributed by atoms with E-state index in [0.717, 1.165) is 11.6 Å². The highest BCUT2D eigenvalue weighted by molar-refractivity contribution is 6.79. The largest absolute Gasteiger partial charge is 0.422 e. The topological polar surface area (TPSA) is 20.2 Å². The van der Waals surface area contributed by atoms with E-state index in [1.165, 1.54) is 0 Å². The minimum absolute atomic E-state index is 0.140. The molecule has 0 saturated carbocycles. The van der Waals surface area contributed by atoms with Crippen molar-refractivity contribution in [3.63, 3.8) is 0 Å². The summed E-state index contributed by atoms with van der Waals surface area (Å²) in [6, 6.07) is 10.6. The SMILES string of the molecule is CC(C)(C)C[Si](C)(O)C#Cc1ccccc1. The van der Waals surface area contributed by atoms with Crippen LogP contribution in [0.3, 0.4) is 0 Å². The average Bonchev–Trinajstić information content (AvgIpc) is 2.13. The van der Waals surface area contributed by atoms with Crippen molar-refractivity contribution in [2.45, 2.75) is 33.4 Å². The maximum Gasteiger partial charge on any atom is 0.267 e. The molecule has 0 spiro atoms. The molecular formula is C14H20OSi. The van der Waals surface area contributed by atoms with Crippen LogP contribution < -0.4 is 0 Å². The Hall–Kier alpha value is -1.04. The normalized spacial score (nSPS) is 14.8. The summed E-state index contributed by atoms with van der Waals surface area (Å²) >= 11 is 0. The number of hydrogen-bond donors (Lipinski definition) is 1. The van der Waals surface area contributed by atoms with E-state index < -0.39 is 8.32 Å². The standard InChI is InChI=1S/C14H20OSi/c1-14(2,3)12-16(4,15)11-10-13-8-6-5-7-9-13/h5-9,15H,12H2,1-4H3. The molecule has 1 nitrogen and oxygen atoms in total. The third-order valence-electron chi connectivity index (χ3n) is 2.12. The molecule has 0 bridgehead atoms. The van der Waals surface area contributed by atoms with Crippen LogP contribution >= 0.6 is 0 Å². The molecule has 1 aromatic carbocycles. The van der Waals surface area contributed by atoms with Gasteiger partial charge < -0.3 is 4.80 Å². The predicted octanol–water partition coefficient (Wildman–Crippen LogP) is 3.19. The first kappa shape index (κ1) is 13.0. The summed E-state index contributed by atoms with van der Waals surface area (Å²) in [5.41, 5.74) is 4.19. The molecule has 1 rings (SSSR count). The smallest absolute Gasteiger partial charge is 0.267 e. The summed E-state index contributed by atoms with van der Waals surface area (Å²) in [5, 5.41) is 0. The second kappa shape index (κ2) is 4.86. The molecule has 0 heterocycles. The quantitative estimate of drug-likeness (QED) is 0.582. The molecule has 0 aromatic heterocycles. The summed E-state index contributed by atoms with van der Waals surface area (Å²) < 4.78 is 0. The lowest BCUT2D eigenvalue weighted by Gasteiger charge is -2.24. The van der Waals surface area contributed by atoms with E-state index in [2.05, 4.69) is 32.2 Å². The van der Waals surface area contributed by atoms with E-state index in [1.54, 1.807) is 0 Å². The molecule has 1 aromatic rings. The zero-order valence-electron chi connectivity index (χ0n) is 10.5. The summed E-state index contributed by atoms with van der Waals surface area (Å²) in [4.78, 5) is 10.3. The minimum atomic E-state index is -2.38. The Labute approximate surface area is 99.6 Å². The maximum atomic E-state index is 10.3. The van der Waals surface area contributed by atoms with Crippen molar-refractivity contribution in [1.29, 1.82) is 0 Å². The molecule has 0 aliphatic carbocycles. The van der Waals surface area contributed by atoms with Crippen molar-refractivity contribution >= 4 is 8.32 Å². The molecule has 1 unspecified atom stereocenters. The molecule has 1 N–H and O–H groups in total. The Morgan fingerprint density at radius 2 is 1.75 bits per heavy atom. The fraction of sp³-hybridized carbons (Fsp3) is 0.429. The highest BCUT2D eigenvalue weighted by atomic mass is 28.4. The highest BCUT2D eigenvalue weighted by Gasteiger charge is 2.28. The number of rotatable bonds is 1. The average molecular weight is 232 g/mol. The fourth-order valence-electron chi connectivity index (χ4n) is 1.81. The Kier molecular flexibility index (Phi) is 3.96. The molecule has 1 atom stereocenters. The lowest BCUT2D eigenvalue weighted by atomic mass is 10.0. The van der Waals surface area contributed by atoms with Gasteiger partial charge in [0.1, 0.15) is 0 Å². The van der Waals surface area contributed by atoms with Crippen LogP contribution in [-0.4, -0.2) is 13.1 Å². The highest BCUT2D eigenvalue weighted by Crippen LogP contribution is 2.25. The number of benzene rings is 1. The van der Waals surface area contributed by atoms with E-state index in [-0.39, 0.29) is 5.41 Å². The van der Waals surface area contributed by atoms with Crippen LogP contribution in [-0.2, 0) is 0 Å². The fourth-order valence-corrected chi connectivity index (χ4v) is 4.37. The van der Waals surface area contributed by atoms with Crippen molar-refractivity contribution in [2.75, 3.05) is 0 Å². The molecule has 0 aliphatic heterocycles. The van der Waals surface area contributed by atoms with Crippen LogP contribution in [0.2, 0.25) is 12.6 Å². The molecular weight excluding hydrogens is 212 g/mol. The molecule has 0 saturated heterocycles. The molecule has 86 valence electrons. The van der Waals surface area contributed by atoms with Crippen LogP contribution in [0.25, 0.3) is 0 Å². The van der Waals surface area contributed by atoms with Crippen LogP contribution in [0.5, 0.6) is 0 Å². The lowest BCUT2D eigenvalue weighted by molar-refractivity contribution is 0.429. The van der Waals surface area contributed by atoms with Gasteiger partial charge in [0, 0.05) is 5.56 Å². The van der Waals surface area contributed by atoms with Gasteiger partial charge in [-0.15, -0.1) is 0 Å². The van der Waals surface area contributed by atoms with Crippen LogP contribution in [0.4, 0.5) is 0 Å². The van der Waals surface area contributed by atoms with Gasteiger partial charge in [0.15, 0.2) is 0 Å². The second-order valence-corrected chi connectivity index (χ2v) is 8.78. The zero-order valence-corrected chi connectivity index (χ0v) is 11.5. The van der Waals surface area contributed by atoms with Gasteiger partial charge in [-0.25, -0.2) is 0 Å². The van der Waals surface area contributed by atoms with Crippen LogP contribution in [0.1, 0.15) is 26.3 Å². The van der Waals surface area contributed by atoms with Gasteiger partial charge in [0.05, 0.1) is 0 Å². The Balaban J connectivity index is 2.77. The van der Waals surface area contributed by atoms with Gasteiger partial charge in [-0.2, -0.15) is 0 Å². The van der Waals surface area contributed by atoms with E-state index >= 15 is 0 Å². The van der Waals surface area contributed by atoms with Gasteiger partial charge in [0.2, 0.25) is 0 Å². The summed E-state index contributed by atoms with van der Waals surface area (Å²) in [7, 11) is -2.38. The van der Waals surface area contributed by atoms with E-state index in [4.69, 9.17) is 0 Å². The monoisotopic (exact) mass is 232 g/mol. The van der Waals surface area contributed by atoms with Gasteiger partial charge in [-0.05, 0) is 30.1 Å². The van der Waals surface area contributed by atoms with Crippen molar-refractivity contribution in [3.05, 3.63) is 35.9 Å². The second-order valence-electron chi connectivity index (χ2n) is 5.63. The summed E-state index contributed by atoms with van der Waals surface area (Å²) in [6.07, 6.45) is 0. The first-order valence-corrected chi connectivity index (χ1v) is 8.25. The van der Waals surface area contributed by atoms with Crippen molar-refractivity contribution < 1.29 is 4.80 Å². The van der Waals surface area contributed by atoms with Crippen molar-refractivity contribution in [1.82, 2.24) is 0 Å². The zero-order chi connectivity index (χ0) is 12.2. The van der Waals surface area contributed by atoms with Crippen molar-refractivity contribution in [3.8, 4) is 11.5 Å².